The van der Waals surface area contributed by atoms with Crippen LogP contribution < -0.4 is 5.32 Å². The highest BCUT2D eigenvalue weighted by Crippen LogP contribution is 2.35. The van der Waals surface area contributed by atoms with E-state index in [-0.39, 0.29) is 6.04 Å². The predicted molar refractivity (Wildman–Crippen MR) is 62.6 cm³/mol. The van der Waals surface area contributed by atoms with E-state index in [0.717, 1.165) is 18.4 Å². The van der Waals surface area contributed by atoms with Crippen molar-refractivity contribution in [2.75, 3.05) is 6.16 Å². The lowest BCUT2D eigenvalue weighted by atomic mass is 10.1. The van der Waals surface area contributed by atoms with Crippen molar-refractivity contribution < 1.29 is 19.1 Å². The Labute approximate surface area is 99.0 Å². The summed E-state index contributed by atoms with van der Waals surface area (Å²) in [5.41, 5.74) is 2.24. The summed E-state index contributed by atoms with van der Waals surface area (Å²) >= 11 is 0. The van der Waals surface area contributed by atoms with Crippen molar-refractivity contribution >= 4 is 13.5 Å². The molecule has 5 nitrogen and oxygen atoms in total. The lowest BCUT2D eigenvalue weighted by Gasteiger charge is -2.14. The van der Waals surface area contributed by atoms with Crippen LogP contribution in [0.25, 0.3) is 0 Å². The van der Waals surface area contributed by atoms with Crippen LogP contribution in [0.1, 0.15) is 23.6 Å². The molecule has 1 aliphatic rings. The standard InChI is InChI=1S/C11H14NO4P/c13-11(7-17(14,15)16)12-10-6-5-8-3-1-2-4-9(8)10/h1-4,10H,5-7H2,(H,12,13)(H2,14,15,16). The SMILES string of the molecule is O=C(CP(=O)(O)O)NC1CCc2ccccc21. The molecule has 0 aromatic heterocycles. The van der Waals surface area contributed by atoms with E-state index in [4.69, 9.17) is 9.79 Å². The fourth-order valence-electron chi connectivity index (χ4n) is 2.13. The Morgan fingerprint density at radius 1 is 1.41 bits per heavy atom. The van der Waals surface area contributed by atoms with E-state index in [0.29, 0.717) is 0 Å². The Hall–Kier alpha value is -1.16. The third-order valence-corrected chi connectivity index (χ3v) is 3.52. The molecule has 92 valence electrons. The number of benzene rings is 1. The summed E-state index contributed by atoms with van der Waals surface area (Å²) in [5, 5.41) is 2.66. The number of rotatable bonds is 3. The first-order chi connectivity index (χ1) is 7.96. The molecule has 0 radical (unpaired) electrons. The molecule has 1 atom stereocenters. The molecule has 0 saturated heterocycles. The van der Waals surface area contributed by atoms with Gasteiger partial charge in [-0.1, -0.05) is 24.3 Å². The zero-order valence-corrected chi connectivity index (χ0v) is 10.1. The maximum absolute atomic E-state index is 11.4. The zero-order valence-electron chi connectivity index (χ0n) is 9.17. The van der Waals surface area contributed by atoms with Gasteiger partial charge in [0.15, 0.2) is 0 Å². The molecule has 0 bridgehead atoms. The average Bonchev–Trinajstić information content (AvgIpc) is 2.59. The topological polar surface area (TPSA) is 86.6 Å². The van der Waals surface area contributed by atoms with Crippen molar-refractivity contribution in [3.63, 3.8) is 0 Å². The highest BCUT2D eigenvalue weighted by molar-refractivity contribution is 7.52. The minimum atomic E-state index is -4.28. The van der Waals surface area contributed by atoms with E-state index in [2.05, 4.69) is 5.32 Å². The largest absolute Gasteiger partial charge is 0.349 e. The zero-order chi connectivity index (χ0) is 12.5. The lowest BCUT2D eigenvalue weighted by molar-refractivity contribution is -0.119. The average molecular weight is 255 g/mol. The summed E-state index contributed by atoms with van der Waals surface area (Å²) in [7, 11) is -4.28. The van der Waals surface area contributed by atoms with Crippen LogP contribution in [-0.2, 0) is 15.8 Å². The number of hydrogen-bond donors (Lipinski definition) is 3. The van der Waals surface area contributed by atoms with Crippen LogP contribution in [-0.4, -0.2) is 21.9 Å². The Morgan fingerprint density at radius 2 is 2.12 bits per heavy atom. The van der Waals surface area contributed by atoms with Crippen LogP contribution in [0.5, 0.6) is 0 Å². The molecule has 0 aliphatic heterocycles. The van der Waals surface area contributed by atoms with Gasteiger partial charge in [-0.2, -0.15) is 0 Å². The highest BCUT2D eigenvalue weighted by atomic mass is 31.2. The lowest BCUT2D eigenvalue weighted by Crippen LogP contribution is -2.29. The monoisotopic (exact) mass is 255 g/mol. The Morgan fingerprint density at radius 3 is 2.82 bits per heavy atom. The molecule has 17 heavy (non-hydrogen) atoms. The second-order valence-corrected chi connectivity index (χ2v) is 5.83. The first kappa shape index (κ1) is 12.3. The normalized spacial score (nSPS) is 18.8. The Kier molecular flexibility index (Phi) is 3.33. The van der Waals surface area contributed by atoms with Crippen LogP contribution >= 0.6 is 7.60 Å². The van der Waals surface area contributed by atoms with E-state index in [9.17, 15) is 9.36 Å². The highest BCUT2D eigenvalue weighted by Gasteiger charge is 2.26. The van der Waals surface area contributed by atoms with Crippen LogP contribution in [0.2, 0.25) is 0 Å². The van der Waals surface area contributed by atoms with Crippen molar-refractivity contribution in [2.24, 2.45) is 0 Å². The Balaban J connectivity index is 2.03. The van der Waals surface area contributed by atoms with Crippen molar-refractivity contribution in [1.29, 1.82) is 0 Å². The molecular weight excluding hydrogens is 241 g/mol. The molecule has 0 fully saturated rings. The fourth-order valence-corrected chi connectivity index (χ4v) is 2.60. The molecule has 1 aliphatic carbocycles. The second-order valence-electron chi connectivity index (χ2n) is 4.18. The number of aryl methyl sites for hydroxylation is 1. The number of carbonyl (C=O) groups is 1. The molecule has 1 amide bonds. The summed E-state index contributed by atoms with van der Waals surface area (Å²) in [6, 6.07) is 7.66. The van der Waals surface area contributed by atoms with Crippen LogP contribution in [0.15, 0.2) is 24.3 Å². The third kappa shape index (κ3) is 3.16. The number of hydrogen-bond acceptors (Lipinski definition) is 2. The van der Waals surface area contributed by atoms with Crippen molar-refractivity contribution in [1.82, 2.24) is 5.32 Å². The van der Waals surface area contributed by atoms with Gasteiger partial charge in [-0.3, -0.25) is 9.36 Å². The molecule has 1 unspecified atom stereocenters. The van der Waals surface area contributed by atoms with Gasteiger partial charge in [-0.25, -0.2) is 0 Å². The van der Waals surface area contributed by atoms with Crippen LogP contribution in [0.3, 0.4) is 0 Å². The number of carbonyl (C=O) groups excluding carboxylic acids is 1. The number of amides is 1. The summed E-state index contributed by atoms with van der Waals surface area (Å²) < 4.78 is 10.7. The van der Waals surface area contributed by atoms with Gasteiger partial charge in [0, 0.05) is 0 Å². The molecule has 6 heteroatoms. The molecule has 1 aromatic rings. The van der Waals surface area contributed by atoms with Crippen molar-refractivity contribution in [3.05, 3.63) is 35.4 Å². The number of fused-ring (bicyclic) bond motifs is 1. The minimum absolute atomic E-state index is 0.120. The molecule has 0 heterocycles. The summed E-state index contributed by atoms with van der Waals surface area (Å²) in [5.74, 6) is -0.597. The third-order valence-electron chi connectivity index (χ3n) is 2.82. The van der Waals surface area contributed by atoms with Crippen molar-refractivity contribution in [3.8, 4) is 0 Å². The van der Waals surface area contributed by atoms with Gasteiger partial charge >= 0.3 is 7.60 Å². The summed E-state index contributed by atoms with van der Waals surface area (Å²) in [6.07, 6.45) is 0.926. The number of nitrogens with one attached hydrogen (secondary N) is 1. The van der Waals surface area contributed by atoms with E-state index in [1.807, 2.05) is 24.3 Å². The van der Waals surface area contributed by atoms with Gasteiger partial charge < -0.3 is 15.1 Å². The molecular formula is C11H14NO4P. The molecule has 1 aromatic carbocycles. The smallest absolute Gasteiger partial charge is 0.334 e. The minimum Gasteiger partial charge on any atom is -0.349 e. The first-order valence-corrected chi connectivity index (χ1v) is 7.17. The summed E-state index contributed by atoms with van der Waals surface area (Å²) in [4.78, 5) is 28.8. The van der Waals surface area contributed by atoms with E-state index >= 15 is 0 Å². The predicted octanol–water partition coefficient (Wildman–Crippen LogP) is 0.968. The van der Waals surface area contributed by atoms with Gasteiger partial charge in [0.25, 0.3) is 0 Å². The second kappa shape index (κ2) is 4.61. The van der Waals surface area contributed by atoms with Gasteiger partial charge in [-0.15, -0.1) is 0 Å². The van der Waals surface area contributed by atoms with E-state index in [1.165, 1.54) is 5.56 Å². The maximum atomic E-state index is 11.4. The molecule has 0 spiro atoms. The molecule has 3 N–H and O–H groups in total. The maximum Gasteiger partial charge on any atom is 0.334 e. The van der Waals surface area contributed by atoms with E-state index < -0.39 is 19.7 Å². The van der Waals surface area contributed by atoms with E-state index in [1.54, 1.807) is 0 Å². The van der Waals surface area contributed by atoms with Crippen molar-refractivity contribution in [2.45, 2.75) is 18.9 Å². The quantitative estimate of drug-likeness (QED) is 0.702. The Bertz CT molecular complexity index is 482. The molecule has 0 saturated carbocycles. The van der Waals surface area contributed by atoms with Crippen LogP contribution in [0.4, 0.5) is 0 Å². The van der Waals surface area contributed by atoms with Gasteiger partial charge in [0.2, 0.25) is 5.91 Å². The van der Waals surface area contributed by atoms with Gasteiger partial charge in [0.1, 0.15) is 6.16 Å². The van der Waals surface area contributed by atoms with Gasteiger partial charge in [0.05, 0.1) is 6.04 Å². The van der Waals surface area contributed by atoms with Gasteiger partial charge in [-0.05, 0) is 24.0 Å². The van der Waals surface area contributed by atoms with Crippen LogP contribution in [0, 0.1) is 0 Å². The molecule has 2 rings (SSSR count). The first-order valence-electron chi connectivity index (χ1n) is 5.37. The fraction of sp³-hybridized carbons (Fsp3) is 0.364. The summed E-state index contributed by atoms with van der Waals surface area (Å²) in [6.45, 7) is 0.